The van der Waals surface area contributed by atoms with Crippen molar-refractivity contribution < 1.29 is 88.1 Å². The summed E-state index contributed by atoms with van der Waals surface area (Å²) in [5.41, 5.74) is 0. The fourth-order valence-electron chi connectivity index (χ4n) is 0.0333. The van der Waals surface area contributed by atoms with Crippen LogP contribution in [0.4, 0.5) is 0 Å². The first-order valence-corrected chi connectivity index (χ1v) is 1.75. The van der Waals surface area contributed by atoms with E-state index >= 15 is 0 Å². The molecule has 8 heavy (non-hydrogen) atoms. The molecule has 4 nitrogen and oxygen atoms in total. The van der Waals surface area contributed by atoms with Gasteiger partial charge in [0.1, 0.15) is 4.33 Å². The van der Waals surface area contributed by atoms with E-state index in [-0.39, 0.29) is 95.7 Å². The van der Waals surface area contributed by atoms with Crippen molar-refractivity contribution in [1.29, 1.82) is 5.26 Å². The molecule has 0 heterocycles. The van der Waals surface area contributed by atoms with Crippen LogP contribution in [-0.4, -0.2) is 4.33 Å². The van der Waals surface area contributed by atoms with Crippen molar-refractivity contribution in [3.05, 3.63) is 10.1 Å². The Balaban J connectivity index is -0.0000000208. The third kappa shape index (κ3) is 15.7. The monoisotopic (exact) mass is 168 g/mol. The molecule has 0 saturated carbocycles. The van der Waals surface area contributed by atoms with Crippen LogP contribution in [-0.2, 0) is 0 Å². The molecule has 0 atom stereocenters. The smallest absolute Gasteiger partial charge is 1.00 e. The predicted molar refractivity (Wildman–Crippen MR) is 22.4 cm³/mol. The molecule has 0 N–H and O–H groups in total. The Morgan fingerprint density at radius 2 is 2.25 bits per heavy atom. The number of hydrogen-bond acceptors (Lipinski definition) is 4. The first-order chi connectivity index (χ1) is 2.77. The minimum absolute atomic E-state index is 0. The summed E-state index contributed by atoms with van der Waals surface area (Å²) in [7, 11) is 0. The Hall–Kier alpha value is 1.88. The van der Waals surface area contributed by atoms with Gasteiger partial charge in [-0.05, 0) is 0 Å². The van der Waals surface area contributed by atoms with Crippen LogP contribution in [0.2, 0.25) is 0 Å². The summed E-state index contributed by atoms with van der Waals surface area (Å²) >= 11 is 0.0139. The molecular formula is CH2KN2NaO2S. The van der Waals surface area contributed by atoms with Gasteiger partial charge in [-0.15, -0.1) is 0 Å². The molecule has 0 bridgehead atoms. The SMILES string of the molecule is N#CS[N+](=O)[O-].[H-].[H-].[K+].[Na+]. The second-order valence-electron chi connectivity index (χ2n) is 0.406. The molecule has 0 aromatic carbocycles. The van der Waals surface area contributed by atoms with Gasteiger partial charge in [0.2, 0.25) is 5.40 Å². The number of nitrogens with zero attached hydrogens (tertiary/aromatic N) is 2. The standard InChI is InChI=1S/CN2O2S.K.Na.2H/c2-1-6-3(4)5;;;;/q;2*+1;2*-1. The number of thiocyanates is 1. The summed E-state index contributed by atoms with van der Waals surface area (Å²) in [4.78, 5) is 9.15. The fraction of sp³-hybridized carbons (Fsp3) is 0. The zero-order valence-corrected chi connectivity index (χ0v) is 10.6. The van der Waals surface area contributed by atoms with Crippen LogP contribution in [0, 0.1) is 20.8 Å². The van der Waals surface area contributed by atoms with E-state index in [9.17, 15) is 0 Å². The van der Waals surface area contributed by atoms with Gasteiger partial charge < -0.3 is 2.85 Å². The van der Waals surface area contributed by atoms with E-state index in [1.54, 1.807) is 0 Å². The van der Waals surface area contributed by atoms with Gasteiger partial charge in [0, 0.05) is 0 Å². The third-order valence-corrected chi connectivity index (χ3v) is 0.346. The van der Waals surface area contributed by atoms with Gasteiger partial charge in [0.15, 0.2) is 0 Å². The van der Waals surface area contributed by atoms with Crippen molar-refractivity contribution in [2.75, 3.05) is 0 Å². The normalized spacial score (nSPS) is 4.88. The molecule has 0 rings (SSSR count). The van der Waals surface area contributed by atoms with Crippen LogP contribution in [0.3, 0.4) is 0 Å². The molecule has 0 aliphatic rings. The molecular weight excluding hydrogens is 166 g/mol. The van der Waals surface area contributed by atoms with Crippen molar-refractivity contribution in [2.24, 2.45) is 0 Å². The minimum Gasteiger partial charge on any atom is -1.00 e. The molecule has 0 amide bonds. The summed E-state index contributed by atoms with van der Waals surface area (Å²) in [6, 6.07) is 0. The van der Waals surface area contributed by atoms with E-state index in [4.69, 9.17) is 15.4 Å². The maximum atomic E-state index is 9.15. The molecule has 0 spiro atoms. The van der Waals surface area contributed by atoms with Gasteiger partial charge in [-0.3, -0.25) is 0 Å². The Bertz CT molecular complexity index is 110. The number of hydrogen-bond donors (Lipinski definition) is 0. The van der Waals surface area contributed by atoms with Gasteiger partial charge in [0.05, 0.1) is 0 Å². The van der Waals surface area contributed by atoms with Crippen molar-refractivity contribution in [2.45, 2.75) is 0 Å². The van der Waals surface area contributed by atoms with E-state index in [1.165, 1.54) is 5.40 Å². The van der Waals surface area contributed by atoms with E-state index in [1.807, 2.05) is 0 Å². The molecule has 7 heteroatoms. The maximum absolute atomic E-state index is 9.15. The van der Waals surface area contributed by atoms with Crippen molar-refractivity contribution in [3.8, 4) is 5.40 Å². The number of nitriles is 1. The second kappa shape index (κ2) is 11.6. The quantitative estimate of drug-likeness (QED) is 0.129. The van der Waals surface area contributed by atoms with Crippen LogP contribution in [0.1, 0.15) is 2.85 Å². The number of rotatable bonds is 1. The van der Waals surface area contributed by atoms with Crippen LogP contribution in [0.15, 0.2) is 0 Å². The molecule has 0 radical (unpaired) electrons. The van der Waals surface area contributed by atoms with Crippen molar-refractivity contribution in [3.63, 3.8) is 0 Å². The summed E-state index contributed by atoms with van der Waals surface area (Å²) in [5, 5.41) is 17.9. The molecule has 0 saturated heterocycles. The Morgan fingerprint density at radius 3 is 2.25 bits per heavy atom. The van der Waals surface area contributed by atoms with Crippen LogP contribution in [0.5, 0.6) is 0 Å². The van der Waals surface area contributed by atoms with Crippen LogP contribution in [0.25, 0.3) is 0 Å². The average Bonchev–Trinajstić information content (AvgIpc) is 1.35. The van der Waals surface area contributed by atoms with Gasteiger partial charge in [0.25, 0.3) is 0 Å². The molecule has 0 aromatic rings. The van der Waals surface area contributed by atoms with E-state index in [0.717, 1.165) is 0 Å². The molecule has 0 aliphatic heterocycles. The van der Waals surface area contributed by atoms with E-state index in [2.05, 4.69) is 0 Å². The summed E-state index contributed by atoms with van der Waals surface area (Å²) < 4.78 is -0.764. The van der Waals surface area contributed by atoms with E-state index in [0.29, 0.717) is 0 Å². The third-order valence-electron chi connectivity index (χ3n) is 0.115. The zero-order valence-electron chi connectivity index (χ0n) is 6.62. The number of nitro groups is 1. The predicted octanol–water partition coefficient (Wildman–Crippen LogP) is -5.37. The van der Waals surface area contributed by atoms with Crippen LogP contribution >= 0.6 is 11.9 Å². The summed E-state index contributed by atoms with van der Waals surface area (Å²) in [6.45, 7) is 0. The van der Waals surface area contributed by atoms with Gasteiger partial charge in [-0.1, -0.05) is 0 Å². The Labute approximate surface area is 118 Å². The minimum atomic E-state index is -0.764. The molecule has 0 fully saturated rings. The first kappa shape index (κ1) is 16.5. The molecule has 0 aliphatic carbocycles. The topological polar surface area (TPSA) is 66.9 Å². The Kier molecular flexibility index (Phi) is 24.0. The van der Waals surface area contributed by atoms with Gasteiger partial charge in [-0.2, -0.15) is 5.26 Å². The fourth-order valence-corrected chi connectivity index (χ4v) is 0.100. The molecule has 36 valence electrons. The van der Waals surface area contributed by atoms with Gasteiger partial charge >= 0.3 is 92.9 Å². The van der Waals surface area contributed by atoms with Crippen molar-refractivity contribution >= 4 is 11.9 Å². The zero-order chi connectivity index (χ0) is 4.99. The van der Waals surface area contributed by atoms with Crippen LogP contribution < -0.4 is 80.9 Å². The maximum Gasteiger partial charge on any atom is 1.00 e. The first-order valence-electron chi connectivity index (χ1n) is 0.975. The summed E-state index contributed by atoms with van der Waals surface area (Å²) in [5.74, 6) is 0. The molecule has 0 aromatic heterocycles. The Morgan fingerprint density at radius 1 is 1.88 bits per heavy atom. The largest absolute Gasteiger partial charge is 1.00 e. The second-order valence-corrected chi connectivity index (χ2v) is 1.07. The summed E-state index contributed by atoms with van der Waals surface area (Å²) in [6.07, 6.45) is 0. The van der Waals surface area contributed by atoms with Crippen molar-refractivity contribution in [1.82, 2.24) is 0 Å². The molecule has 0 unspecified atom stereocenters. The van der Waals surface area contributed by atoms with E-state index < -0.39 is 4.33 Å². The van der Waals surface area contributed by atoms with Gasteiger partial charge in [-0.25, -0.2) is 10.1 Å². The average molecular weight is 168 g/mol.